The summed E-state index contributed by atoms with van der Waals surface area (Å²) in [6, 6.07) is 8.14. The lowest BCUT2D eigenvalue weighted by Gasteiger charge is -2.59. The van der Waals surface area contributed by atoms with E-state index in [1.807, 2.05) is 13.8 Å². The number of hydrogen-bond donors (Lipinski definition) is 0. The maximum absolute atomic E-state index is 12.9. The number of amides is 1. The van der Waals surface area contributed by atoms with E-state index in [0.717, 1.165) is 19.3 Å². The van der Waals surface area contributed by atoms with Gasteiger partial charge in [0.15, 0.2) is 11.9 Å². The molecule has 5 fully saturated rings. The second-order valence-corrected chi connectivity index (χ2v) is 11.7. The van der Waals surface area contributed by atoms with Crippen LogP contribution in [-0.4, -0.2) is 47.8 Å². The largest absolute Gasteiger partial charge is 0.435 e. The minimum absolute atomic E-state index is 0.0303. The summed E-state index contributed by atoms with van der Waals surface area (Å²) < 4.78 is 18.4. The number of halogens is 1. The Kier molecular flexibility index (Phi) is 7.48. The van der Waals surface area contributed by atoms with Crippen LogP contribution in [0.4, 0.5) is 0 Å². The Morgan fingerprint density at radius 1 is 1.18 bits per heavy atom. The molecule has 0 aromatic heterocycles. The smallest absolute Gasteiger partial charge is 0.308 e. The second kappa shape index (κ2) is 10.4. The number of nitrogens with zero attached hydrogens (tertiary/aromatic N) is 2. The van der Waals surface area contributed by atoms with Crippen molar-refractivity contribution in [3.8, 4) is 6.07 Å². The molecule has 6 rings (SSSR count). The molecule has 1 aromatic carbocycles. The summed E-state index contributed by atoms with van der Waals surface area (Å²) in [6.07, 6.45) is 1.75. The number of ether oxygens (including phenoxy) is 3. The second-order valence-electron chi connectivity index (χ2n) is 11.3. The zero-order chi connectivity index (χ0) is 27.2. The van der Waals surface area contributed by atoms with Crippen molar-refractivity contribution in [2.45, 2.75) is 89.3 Å². The van der Waals surface area contributed by atoms with E-state index >= 15 is 0 Å². The number of nitriles is 1. The fourth-order valence-electron chi connectivity index (χ4n) is 6.79. The van der Waals surface area contributed by atoms with Gasteiger partial charge in [-0.15, -0.1) is 0 Å². The molecule has 9 nitrogen and oxygen atoms in total. The van der Waals surface area contributed by atoms with Gasteiger partial charge in [-0.25, -0.2) is 9.78 Å². The van der Waals surface area contributed by atoms with Crippen molar-refractivity contribution in [3.63, 3.8) is 0 Å². The number of fused-ring (bicyclic) bond motifs is 2. The zero-order valence-corrected chi connectivity index (χ0v) is 23.0. The SMILES string of the molecule is C[C@@H]1CCC2[C@@H](C)[C@H](OC(=O)CCC(=O)N(C)C(C#N)c3ccccc3Cl)O[C@@H]3O[C@]4(C)CCC1[C@@]23OO4. The third-order valence-electron chi connectivity index (χ3n) is 8.99. The summed E-state index contributed by atoms with van der Waals surface area (Å²) in [5, 5.41) is 10.1. The van der Waals surface area contributed by atoms with E-state index in [1.54, 1.807) is 24.3 Å². The van der Waals surface area contributed by atoms with Crippen LogP contribution in [0.2, 0.25) is 5.02 Å². The van der Waals surface area contributed by atoms with Gasteiger partial charge in [0, 0.05) is 42.3 Å². The first-order chi connectivity index (χ1) is 18.1. The normalized spacial score (nSPS) is 38.3. The van der Waals surface area contributed by atoms with Gasteiger partial charge in [-0.2, -0.15) is 5.26 Å². The highest BCUT2D eigenvalue weighted by Crippen LogP contribution is 2.60. The van der Waals surface area contributed by atoms with Crippen LogP contribution >= 0.6 is 11.6 Å². The Morgan fingerprint density at radius 3 is 2.68 bits per heavy atom. The maximum atomic E-state index is 12.9. The van der Waals surface area contributed by atoms with Crippen LogP contribution in [0, 0.1) is 35.0 Å². The highest BCUT2D eigenvalue weighted by molar-refractivity contribution is 6.31. The Hall–Kier alpha value is -2.22. The van der Waals surface area contributed by atoms with E-state index in [9.17, 15) is 14.9 Å². The standard InChI is InChI=1S/C28H35ClN2O7/c1-16-9-10-20-17(2)25(35-26-28(20)19(16)13-14-27(3,36-26)37-38-28)34-24(33)12-11-23(32)31(4)22(15-30)18-7-5-6-8-21(18)29/h5-8,16-17,19-20,22,25-26H,9-14H2,1-4H3/t16-,17-,19?,20?,22?,25-,26-,27+,28-/m1/s1. The fraction of sp³-hybridized carbons (Fsp3) is 0.679. The Balaban J connectivity index is 1.23. The van der Waals surface area contributed by atoms with Crippen LogP contribution in [0.15, 0.2) is 24.3 Å². The molecule has 4 aliphatic heterocycles. The van der Waals surface area contributed by atoms with Crippen molar-refractivity contribution in [3.05, 3.63) is 34.9 Å². The van der Waals surface area contributed by atoms with Crippen LogP contribution in [0.1, 0.15) is 70.9 Å². The lowest BCUT2D eigenvalue weighted by atomic mass is 9.58. The van der Waals surface area contributed by atoms with Crippen LogP contribution in [0.25, 0.3) is 0 Å². The topological polar surface area (TPSA) is 107 Å². The van der Waals surface area contributed by atoms with Gasteiger partial charge in [-0.1, -0.05) is 43.6 Å². The van der Waals surface area contributed by atoms with Crippen molar-refractivity contribution < 1.29 is 33.6 Å². The molecule has 206 valence electrons. The summed E-state index contributed by atoms with van der Waals surface area (Å²) >= 11 is 6.23. The van der Waals surface area contributed by atoms with E-state index < -0.39 is 36.0 Å². The summed E-state index contributed by atoms with van der Waals surface area (Å²) in [5.41, 5.74) is -0.203. The third kappa shape index (κ3) is 4.61. The van der Waals surface area contributed by atoms with E-state index in [0.29, 0.717) is 22.9 Å². The Morgan fingerprint density at radius 2 is 1.95 bits per heavy atom. The predicted molar refractivity (Wildman–Crippen MR) is 135 cm³/mol. The Labute approximate surface area is 228 Å². The van der Waals surface area contributed by atoms with Gasteiger partial charge in [0.25, 0.3) is 0 Å². The zero-order valence-electron chi connectivity index (χ0n) is 22.2. The average molecular weight is 547 g/mol. The molecule has 2 bridgehead atoms. The number of carbonyl (C=O) groups is 2. The van der Waals surface area contributed by atoms with Gasteiger partial charge in [0.1, 0.15) is 6.04 Å². The highest BCUT2D eigenvalue weighted by atomic mass is 35.5. The molecule has 4 heterocycles. The molecule has 9 atom stereocenters. The van der Waals surface area contributed by atoms with Crippen LogP contribution < -0.4 is 0 Å². The lowest BCUT2D eigenvalue weighted by molar-refractivity contribution is -0.576. The minimum atomic E-state index is -0.914. The number of benzene rings is 1. The molecule has 4 saturated heterocycles. The van der Waals surface area contributed by atoms with E-state index in [2.05, 4.69) is 13.0 Å². The van der Waals surface area contributed by atoms with Gasteiger partial charge >= 0.3 is 5.97 Å². The van der Waals surface area contributed by atoms with Gasteiger partial charge in [-0.3, -0.25) is 9.59 Å². The average Bonchev–Trinajstić information content (AvgIpc) is 3.13. The highest BCUT2D eigenvalue weighted by Gasteiger charge is 2.69. The molecule has 0 radical (unpaired) electrons. The molecular formula is C28H35ClN2O7. The third-order valence-corrected chi connectivity index (χ3v) is 9.33. The van der Waals surface area contributed by atoms with E-state index in [-0.39, 0.29) is 36.5 Å². The van der Waals surface area contributed by atoms with Gasteiger partial charge in [-0.05, 0) is 44.1 Å². The molecule has 1 spiro atoms. The van der Waals surface area contributed by atoms with Crippen molar-refractivity contribution in [1.82, 2.24) is 4.90 Å². The van der Waals surface area contributed by atoms with Gasteiger partial charge in [0.05, 0.1) is 12.5 Å². The van der Waals surface area contributed by atoms with Crippen molar-refractivity contribution in [2.24, 2.45) is 23.7 Å². The van der Waals surface area contributed by atoms with Crippen LogP contribution in [0.5, 0.6) is 0 Å². The maximum Gasteiger partial charge on any atom is 0.308 e. The molecular weight excluding hydrogens is 512 g/mol. The van der Waals surface area contributed by atoms with E-state index in [4.69, 9.17) is 35.6 Å². The van der Waals surface area contributed by atoms with Crippen LogP contribution in [-0.2, 0) is 33.6 Å². The lowest BCUT2D eigenvalue weighted by Crippen LogP contribution is -2.70. The number of rotatable bonds is 6. The summed E-state index contributed by atoms with van der Waals surface area (Å²) in [5.74, 6) is -1.30. The van der Waals surface area contributed by atoms with Crippen molar-refractivity contribution in [1.29, 1.82) is 5.26 Å². The molecule has 5 aliphatic rings. The monoisotopic (exact) mass is 546 g/mol. The number of carbonyl (C=O) groups excluding carboxylic acids is 2. The number of hydrogen-bond acceptors (Lipinski definition) is 8. The fourth-order valence-corrected chi connectivity index (χ4v) is 7.03. The van der Waals surface area contributed by atoms with Crippen LogP contribution in [0.3, 0.4) is 0 Å². The van der Waals surface area contributed by atoms with E-state index in [1.165, 1.54) is 11.9 Å². The Bertz CT molecular complexity index is 1130. The molecule has 38 heavy (non-hydrogen) atoms. The molecule has 1 aromatic rings. The first kappa shape index (κ1) is 27.4. The molecule has 1 aliphatic carbocycles. The molecule has 3 unspecified atom stereocenters. The molecule has 1 amide bonds. The molecule has 10 heteroatoms. The summed E-state index contributed by atoms with van der Waals surface area (Å²) in [7, 11) is 1.53. The van der Waals surface area contributed by atoms with Gasteiger partial charge in [0.2, 0.25) is 18.0 Å². The molecule has 0 N–H and O–H groups in total. The summed E-state index contributed by atoms with van der Waals surface area (Å²) in [4.78, 5) is 39.0. The predicted octanol–water partition coefficient (Wildman–Crippen LogP) is 4.89. The minimum Gasteiger partial charge on any atom is -0.435 e. The van der Waals surface area contributed by atoms with Gasteiger partial charge < -0.3 is 19.1 Å². The van der Waals surface area contributed by atoms with Crippen molar-refractivity contribution >= 4 is 23.5 Å². The molecule has 1 saturated carbocycles. The first-order valence-electron chi connectivity index (χ1n) is 13.4. The quantitative estimate of drug-likeness (QED) is 0.366. The number of esters is 1. The first-order valence-corrected chi connectivity index (χ1v) is 13.8. The van der Waals surface area contributed by atoms with Crippen molar-refractivity contribution in [2.75, 3.05) is 7.05 Å². The summed E-state index contributed by atoms with van der Waals surface area (Å²) in [6.45, 7) is 6.09.